The molecule has 124 valence electrons. The van der Waals surface area contributed by atoms with Crippen molar-refractivity contribution in [2.24, 2.45) is 11.8 Å². The van der Waals surface area contributed by atoms with Crippen molar-refractivity contribution in [3.8, 4) is 11.5 Å². The third kappa shape index (κ3) is 4.59. The lowest BCUT2D eigenvalue weighted by molar-refractivity contribution is 0.181. The van der Waals surface area contributed by atoms with Gasteiger partial charge in [-0.25, -0.2) is 0 Å². The number of halogens is 2. The summed E-state index contributed by atoms with van der Waals surface area (Å²) in [6, 6.07) is 2.91. The molecular formula is C18H26F2O2. The molecule has 0 aliphatic heterocycles. The molecule has 0 amide bonds. The van der Waals surface area contributed by atoms with Gasteiger partial charge in [0.15, 0.2) is 11.5 Å². The van der Waals surface area contributed by atoms with E-state index in [1.54, 1.807) is 0 Å². The molecule has 2 rings (SSSR count). The highest BCUT2D eigenvalue weighted by Crippen LogP contribution is 2.31. The maximum absolute atomic E-state index is 14.0. The fraction of sp³-hybridized carbons (Fsp3) is 0.667. The van der Waals surface area contributed by atoms with Crippen LogP contribution in [0.2, 0.25) is 0 Å². The molecule has 0 heterocycles. The molecule has 1 fully saturated rings. The van der Waals surface area contributed by atoms with E-state index < -0.39 is 11.6 Å². The Morgan fingerprint density at radius 3 is 2.18 bits per heavy atom. The van der Waals surface area contributed by atoms with Gasteiger partial charge < -0.3 is 9.47 Å². The SMILES string of the molecule is CCCCOc1ccc(OCC2CCC(C)CC2)c(F)c1F. The van der Waals surface area contributed by atoms with Crippen LogP contribution in [0.25, 0.3) is 0 Å². The van der Waals surface area contributed by atoms with E-state index in [1.165, 1.54) is 25.0 Å². The molecule has 0 atom stereocenters. The first kappa shape index (κ1) is 17.0. The second-order valence-electron chi connectivity index (χ2n) is 6.33. The zero-order chi connectivity index (χ0) is 15.9. The van der Waals surface area contributed by atoms with Crippen molar-refractivity contribution in [3.63, 3.8) is 0 Å². The minimum atomic E-state index is -0.953. The van der Waals surface area contributed by atoms with Crippen LogP contribution in [-0.4, -0.2) is 13.2 Å². The lowest BCUT2D eigenvalue weighted by atomic mass is 9.83. The summed E-state index contributed by atoms with van der Waals surface area (Å²) >= 11 is 0. The summed E-state index contributed by atoms with van der Waals surface area (Å²) in [6.45, 7) is 5.12. The van der Waals surface area contributed by atoms with Gasteiger partial charge in [-0.1, -0.05) is 33.1 Å². The molecule has 2 nitrogen and oxygen atoms in total. The van der Waals surface area contributed by atoms with Gasteiger partial charge in [-0.3, -0.25) is 0 Å². The molecular weight excluding hydrogens is 286 g/mol. The van der Waals surface area contributed by atoms with Crippen molar-refractivity contribution in [1.82, 2.24) is 0 Å². The second kappa shape index (κ2) is 8.35. The first-order chi connectivity index (χ1) is 10.6. The van der Waals surface area contributed by atoms with E-state index in [-0.39, 0.29) is 11.5 Å². The highest BCUT2D eigenvalue weighted by Gasteiger charge is 2.21. The van der Waals surface area contributed by atoms with Gasteiger partial charge in [0.1, 0.15) is 0 Å². The van der Waals surface area contributed by atoms with Gasteiger partial charge in [-0.2, -0.15) is 8.78 Å². The number of ether oxygens (including phenoxy) is 2. The third-order valence-electron chi connectivity index (χ3n) is 4.38. The number of unbranched alkanes of at least 4 members (excludes halogenated alkanes) is 1. The van der Waals surface area contributed by atoms with E-state index in [1.807, 2.05) is 6.92 Å². The standard InChI is InChI=1S/C18H26F2O2/c1-3-4-11-21-15-9-10-16(18(20)17(15)19)22-12-14-7-5-13(2)6-8-14/h9-10,13-14H,3-8,11-12H2,1-2H3. The van der Waals surface area contributed by atoms with Gasteiger partial charge in [-0.05, 0) is 43.2 Å². The largest absolute Gasteiger partial charge is 0.490 e. The van der Waals surface area contributed by atoms with Gasteiger partial charge in [0, 0.05) is 0 Å². The summed E-state index contributed by atoms with van der Waals surface area (Å²) in [5.41, 5.74) is 0. The third-order valence-corrected chi connectivity index (χ3v) is 4.38. The summed E-state index contributed by atoms with van der Waals surface area (Å²) in [5, 5.41) is 0. The van der Waals surface area contributed by atoms with E-state index in [0.29, 0.717) is 19.1 Å². The zero-order valence-electron chi connectivity index (χ0n) is 13.5. The van der Waals surface area contributed by atoms with Crippen molar-refractivity contribution in [1.29, 1.82) is 0 Å². The molecule has 0 spiro atoms. The Balaban J connectivity index is 1.90. The Morgan fingerprint density at radius 2 is 1.59 bits per heavy atom. The van der Waals surface area contributed by atoms with Gasteiger partial charge in [-0.15, -0.1) is 0 Å². The average Bonchev–Trinajstić information content (AvgIpc) is 2.52. The van der Waals surface area contributed by atoms with Crippen LogP contribution in [0.15, 0.2) is 12.1 Å². The van der Waals surface area contributed by atoms with Crippen molar-refractivity contribution < 1.29 is 18.3 Å². The number of hydrogen-bond acceptors (Lipinski definition) is 2. The Labute approximate surface area is 131 Å². The molecule has 22 heavy (non-hydrogen) atoms. The molecule has 1 saturated carbocycles. The maximum Gasteiger partial charge on any atom is 0.204 e. The smallest absolute Gasteiger partial charge is 0.204 e. The van der Waals surface area contributed by atoms with E-state index in [9.17, 15) is 8.78 Å². The molecule has 0 aromatic heterocycles. The molecule has 1 aliphatic carbocycles. The van der Waals surface area contributed by atoms with E-state index >= 15 is 0 Å². The number of hydrogen-bond donors (Lipinski definition) is 0. The summed E-state index contributed by atoms with van der Waals surface area (Å²) in [6.07, 6.45) is 6.35. The van der Waals surface area contributed by atoms with Crippen LogP contribution in [0.5, 0.6) is 11.5 Å². The quantitative estimate of drug-likeness (QED) is 0.632. The van der Waals surface area contributed by atoms with E-state index in [2.05, 4.69) is 6.92 Å². The normalized spacial score (nSPS) is 21.6. The molecule has 0 unspecified atom stereocenters. The fourth-order valence-corrected chi connectivity index (χ4v) is 2.77. The number of rotatable bonds is 7. The highest BCUT2D eigenvalue weighted by atomic mass is 19.2. The number of benzene rings is 1. The molecule has 0 saturated heterocycles. The van der Waals surface area contributed by atoms with E-state index in [0.717, 1.165) is 31.6 Å². The average molecular weight is 312 g/mol. The molecule has 4 heteroatoms. The van der Waals surface area contributed by atoms with Crippen LogP contribution in [-0.2, 0) is 0 Å². The van der Waals surface area contributed by atoms with Crippen LogP contribution in [0.3, 0.4) is 0 Å². The summed E-state index contributed by atoms with van der Waals surface area (Å²) in [4.78, 5) is 0. The Bertz CT molecular complexity index is 468. The molecule has 0 bridgehead atoms. The maximum atomic E-state index is 14.0. The Morgan fingerprint density at radius 1 is 1.00 bits per heavy atom. The lowest BCUT2D eigenvalue weighted by Gasteiger charge is -2.26. The summed E-state index contributed by atoms with van der Waals surface area (Å²) < 4.78 is 38.7. The Hall–Kier alpha value is -1.32. The zero-order valence-corrected chi connectivity index (χ0v) is 13.5. The van der Waals surface area contributed by atoms with Gasteiger partial charge >= 0.3 is 0 Å². The minimum Gasteiger partial charge on any atom is -0.490 e. The van der Waals surface area contributed by atoms with Crippen LogP contribution < -0.4 is 9.47 Å². The molecule has 0 radical (unpaired) electrons. The van der Waals surface area contributed by atoms with Crippen LogP contribution >= 0.6 is 0 Å². The predicted molar refractivity (Wildman–Crippen MR) is 83.4 cm³/mol. The van der Waals surface area contributed by atoms with Gasteiger partial charge in [0.25, 0.3) is 0 Å². The first-order valence-corrected chi connectivity index (χ1v) is 8.35. The monoisotopic (exact) mass is 312 g/mol. The van der Waals surface area contributed by atoms with E-state index in [4.69, 9.17) is 9.47 Å². The predicted octanol–water partition coefficient (Wildman–Crippen LogP) is 5.35. The van der Waals surface area contributed by atoms with Crippen molar-refractivity contribution in [2.75, 3.05) is 13.2 Å². The molecule has 1 aromatic rings. The molecule has 1 aromatic carbocycles. The van der Waals surface area contributed by atoms with Crippen molar-refractivity contribution >= 4 is 0 Å². The van der Waals surface area contributed by atoms with Crippen LogP contribution in [0, 0.1) is 23.5 Å². The first-order valence-electron chi connectivity index (χ1n) is 8.35. The van der Waals surface area contributed by atoms with Gasteiger partial charge in [0.05, 0.1) is 13.2 Å². The van der Waals surface area contributed by atoms with Crippen molar-refractivity contribution in [3.05, 3.63) is 23.8 Å². The van der Waals surface area contributed by atoms with Crippen LogP contribution in [0.1, 0.15) is 52.4 Å². The topological polar surface area (TPSA) is 18.5 Å². The summed E-state index contributed by atoms with van der Waals surface area (Å²) in [5.74, 6) is -0.739. The molecule has 0 N–H and O–H groups in total. The fourth-order valence-electron chi connectivity index (χ4n) is 2.77. The minimum absolute atomic E-state index is 0.0148. The van der Waals surface area contributed by atoms with Crippen molar-refractivity contribution in [2.45, 2.75) is 52.4 Å². The lowest BCUT2D eigenvalue weighted by Crippen LogP contribution is -2.19. The summed E-state index contributed by atoms with van der Waals surface area (Å²) in [7, 11) is 0. The highest BCUT2D eigenvalue weighted by molar-refractivity contribution is 5.35. The van der Waals surface area contributed by atoms with Crippen LogP contribution in [0.4, 0.5) is 8.78 Å². The second-order valence-corrected chi connectivity index (χ2v) is 6.33. The Kier molecular flexibility index (Phi) is 6.47. The molecule has 1 aliphatic rings. The van der Waals surface area contributed by atoms with Gasteiger partial charge in [0.2, 0.25) is 11.6 Å².